The lowest BCUT2D eigenvalue weighted by atomic mass is 10.0. The van der Waals surface area contributed by atoms with Gasteiger partial charge in [0.05, 0.1) is 6.61 Å². The smallest absolute Gasteiger partial charge is 0.119 e. The summed E-state index contributed by atoms with van der Waals surface area (Å²) in [7, 11) is 2.18. The molecule has 1 aromatic rings. The first-order valence-corrected chi connectivity index (χ1v) is 7.52. The maximum atomic E-state index is 6.04. The van der Waals surface area contributed by atoms with Crippen LogP contribution in [0.3, 0.4) is 0 Å². The Bertz CT molecular complexity index is 407. The highest BCUT2D eigenvalue weighted by molar-refractivity contribution is 5.29. The van der Waals surface area contributed by atoms with Crippen molar-refractivity contribution in [3.8, 4) is 5.75 Å². The molecule has 0 aliphatic carbocycles. The third-order valence-corrected chi connectivity index (χ3v) is 4.08. The fourth-order valence-corrected chi connectivity index (χ4v) is 3.03. The molecule has 1 saturated heterocycles. The standard InChI is InChI=1S/C16H27N3O/c1-4-20-15-7-5-14(6-8-15)16(11-17)19-10-9-18(3)12-13(19)2/h5-8,13,16H,4,9-12,17H2,1-3H3. The van der Waals surface area contributed by atoms with Crippen LogP contribution >= 0.6 is 0 Å². The summed E-state index contributed by atoms with van der Waals surface area (Å²) in [6.45, 7) is 8.94. The number of piperazine rings is 1. The van der Waals surface area contributed by atoms with Gasteiger partial charge in [-0.1, -0.05) is 12.1 Å². The van der Waals surface area contributed by atoms with Crippen LogP contribution in [0.1, 0.15) is 25.5 Å². The van der Waals surface area contributed by atoms with E-state index in [0.717, 1.165) is 25.4 Å². The third-order valence-electron chi connectivity index (χ3n) is 4.08. The zero-order chi connectivity index (χ0) is 14.5. The molecule has 0 bridgehead atoms. The van der Waals surface area contributed by atoms with Gasteiger partial charge >= 0.3 is 0 Å². The molecule has 2 rings (SSSR count). The van der Waals surface area contributed by atoms with E-state index in [1.165, 1.54) is 5.56 Å². The van der Waals surface area contributed by atoms with Crippen LogP contribution in [0.4, 0.5) is 0 Å². The molecule has 0 saturated carbocycles. The van der Waals surface area contributed by atoms with Gasteiger partial charge in [0.2, 0.25) is 0 Å². The monoisotopic (exact) mass is 277 g/mol. The van der Waals surface area contributed by atoms with E-state index in [-0.39, 0.29) is 0 Å². The molecule has 0 amide bonds. The summed E-state index contributed by atoms with van der Waals surface area (Å²) in [5, 5.41) is 0. The first-order valence-electron chi connectivity index (χ1n) is 7.52. The Hall–Kier alpha value is -1.10. The Balaban J connectivity index is 2.10. The molecule has 112 valence electrons. The molecule has 4 nitrogen and oxygen atoms in total. The van der Waals surface area contributed by atoms with Gasteiger partial charge in [-0.15, -0.1) is 0 Å². The van der Waals surface area contributed by atoms with E-state index in [0.29, 0.717) is 25.2 Å². The second-order valence-electron chi connectivity index (χ2n) is 5.60. The predicted octanol–water partition coefficient (Wildman–Crippen LogP) is 1.72. The Morgan fingerprint density at radius 3 is 2.55 bits per heavy atom. The first-order chi connectivity index (χ1) is 9.65. The maximum absolute atomic E-state index is 6.04. The predicted molar refractivity (Wildman–Crippen MR) is 83.1 cm³/mol. The van der Waals surface area contributed by atoms with Crippen molar-refractivity contribution in [2.45, 2.75) is 25.9 Å². The largest absolute Gasteiger partial charge is 0.494 e. The molecular formula is C16H27N3O. The molecule has 4 heteroatoms. The first kappa shape index (κ1) is 15.3. The van der Waals surface area contributed by atoms with Crippen molar-refractivity contribution in [3.05, 3.63) is 29.8 Å². The number of rotatable bonds is 5. The topological polar surface area (TPSA) is 41.7 Å². The molecule has 0 aromatic heterocycles. The van der Waals surface area contributed by atoms with Crippen LogP contribution < -0.4 is 10.5 Å². The number of nitrogens with two attached hydrogens (primary N) is 1. The molecule has 1 aliphatic rings. The van der Waals surface area contributed by atoms with Crippen LogP contribution in [0.25, 0.3) is 0 Å². The Morgan fingerprint density at radius 2 is 2.00 bits per heavy atom. The van der Waals surface area contributed by atoms with Crippen LogP contribution in [0, 0.1) is 0 Å². The highest BCUT2D eigenvalue weighted by Gasteiger charge is 2.28. The lowest BCUT2D eigenvalue weighted by Gasteiger charge is -2.42. The molecule has 2 atom stereocenters. The SMILES string of the molecule is CCOc1ccc(C(CN)N2CCN(C)CC2C)cc1. The van der Waals surface area contributed by atoms with Crippen molar-refractivity contribution in [1.82, 2.24) is 9.80 Å². The minimum absolute atomic E-state index is 0.300. The van der Waals surface area contributed by atoms with Crippen LogP contribution in [-0.2, 0) is 0 Å². The van der Waals surface area contributed by atoms with E-state index in [4.69, 9.17) is 10.5 Å². The van der Waals surface area contributed by atoms with Crippen molar-refractivity contribution in [1.29, 1.82) is 0 Å². The molecule has 2 unspecified atom stereocenters. The van der Waals surface area contributed by atoms with Gasteiger partial charge in [-0.05, 0) is 38.6 Å². The zero-order valence-electron chi connectivity index (χ0n) is 12.9. The van der Waals surface area contributed by atoms with E-state index in [2.05, 4.69) is 35.9 Å². The minimum Gasteiger partial charge on any atom is -0.494 e. The highest BCUT2D eigenvalue weighted by Crippen LogP contribution is 2.26. The fraction of sp³-hybridized carbons (Fsp3) is 0.625. The van der Waals surface area contributed by atoms with E-state index < -0.39 is 0 Å². The van der Waals surface area contributed by atoms with Crippen LogP contribution in [-0.4, -0.2) is 55.7 Å². The van der Waals surface area contributed by atoms with E-state index in [1.807, 2.05) is 19.1 Å². The molecule has 1 aromatic carbocycles. The summed E-state index contributed by atoms with van der Waals surface area (Å²) in [5.41, 5.74) is 7.33. The average molecular weight is 277 g/mol. The maximum Gasteiger partial charge on any atom is 0.119 e. The Kier molecular flexibility index (Phi) is 5.40. The van der Waals surface area contributed by atoms with Gasteiger partial charge < -0.3 is 15.4 Å². The summed E-state index contributed by atoms with van der Waals surface area (Å²) in [6, 6.07) is 9.22. The van der Waals surface area contributed by atoms with E-state index >= 15 is 0 Å². The summed E-state index contributed by atoms with van der Waals surface area (Å²) in [4.78, 5) is 4.91. The van der Waals surface area contributed by atoms with Crippen LogP contribution in [0.15, 0.2) is 24.3 Å². The average Bonchev–Trinajstić information content (AvgIpc) is 2.44. The normalized spacial score (nSPS) is 22.7. The van der Waals surface area contributed by atoms with Crippen molar-refractivity contribution in [3.63, 3.8) is 0 Å². The second kappa shape index (κ2) is 7.07. The number of ether oxygens (including phenoxy) is 1. The highest BCUT2D eigenvalue weighted by atomic mass is 16.5. The summed E-state index contributed by atoms with van der Waals surface area (Å²) >= 11 is 0. The quantitative estimate of drug-likeness (QED) is 0.890. The van der Waals surface area contributed by atoms with Gasteiger partial charge in [0.25, 0.3) is 0 Å². The van der Waals surface area contributed by atoms with E-state index in [9.17, 15) is 0 Å². The van der Waals surface area contributed by atoms with Crippen molar-refractivity contribution >= 4 is 0 Å². The van der Waals surface area contributed by atoms with Crippen LogP contribution in [0.2, 0.25) is 0 Å². The van der Waals surface area contributed by atoms with Crippen molar-refractivity contribution < 1.29 is 4.74 Å². The molecular weight excluding hydrogens is 250 g/mol. The number of benzene rings is 1. The molecule has 0 spiro atoms. The van der Waals surface area contributed by atoms with Crippen molar-refractivity contribution in [2.75, 3.05) is 39.8 Å². The number of hydrogen-bond donors (Lipinski definition) is 1. The minimum atomic E-state index is 0.300. The van der Waals surface area contributed by atoms with Gasteiger partial charge in [-0.3, -0.25) is 4.90 Å². The fourth-order valence-electron chi connectivity index (χ4n) is 3.03. The molecule has 0 radical (unpaired) electrons. The van der Waals surface area contributed by atoms with Gasteiger partial charge in [-0.25, -0.2) is 0 Å². The zero-order valence-corrected chi connectivity index (χ0v) is 12.9. The number of hydrogen-bond acceptors (Lipinski definition) is 4. The third kappa shape index (κ3) is 3.51. The van der Waals surface area contributed by atoms with Gasteiger partial charge in [-0.2, -0.15) is 0 Å². The number of nitrogens with zero attached hydrogens (tertiary/aromatic N) is 2. The second-order valence-corrected chi connectivity index (χ2v) is 5.60. The summed E-state index contributed by atoms with van der Waals surface area (Å²) < 4.78 is 5.50. The van der Waals surface area contributed by atoms with Crippen molar-refractivity contribution in [2.24, 2.45) is 5.73 Å². The molecule has 1 fully saturated rings. The lowest BCUT2D eigenvalue weighted by Crippen LogP contribution is -2.52. The van der Waals surface area contributed by atoms with E-state index in [1.54, 1.807) is 0 Å². The summed E-state index contributed by atoms with van der Waals surface area (Å²) in [5.74, 6) is 0.929. The summed E-state index contributed by atoms with van der Waals surface area (Å²) in [6.07, 6.45) is 0. The Labute approximate surface area is 122 Å². The molecule has 20 heavy (non-hydrogen) atoms. The van der Waals surface area contributed by atoms with Gasteiger partial charge in [0.1, 0.15) is 5.75 Å². The lowest BCUT2D eigenvalue weighted by molar-refractivity contribution is 0.0635. The molecule has 1 heterocycles. The van der Waals surface area contributed by atoms with Crippen LogP contribution in [0.5, 0.6) is 5.75 Å². The molecule has 1 aliphatic heterocycles. The molecule has 2 N–H and O–H groups in total. The Morgan fingerprint density at radius 1 is 1.30 bits per heavy atom. The van der Waals surface area contributed by atoms with Gasteiger partial charge in [0.15, 0.2) is 0 Å². The number of likely N-dealkylation sites (N-methyl/N-ethyl adjacent to an activating group) is 1. The van der Waals surface area contributed by atoms with Gasteiger partial charge in [0, 0.05) is 38.3 Å².